The molecule has 0 amide bonds. The first-order chi connectivity index (χ1) is 9.02. The van der Waals surface area contributed by atoms with E-state index in [-0.39, 0.29) is 27.4 Å². The molecule has 1 aromatic rings. The normalized spacial score (nSPS) is 12.2. The summed E-state index contributed by atoms with van der Waals surface area (Å²) in [5.41, 5.74) is 5.32. The first-order valence-corrected chi connectivity index (χ1v) is 8.17. The van der Waals surface area contributed by atoms with Crippen molar-refractivity contribution in [3.8, 4) is 0 Å². The Hall–Kier alpha value is -1.21. The number of halogens is 1. The molecule has 0 saturated carbocycles. The van der Waals surface area contributed by atoms with E-state index in [0.29, 0.717) is 6.42 Å². The van der Waals surface area contributed by atoms with Gasteiger partial charge in [0.15, 0.2) is 0 Å². The summed E-state index contributed by atoms with van der Waals surface area (Å²) >= 11 is 4.75. The molecule has 0 atom stereocenters. The van der Waals surface area contributed by atoms with Crippen LogP contribution in [0, 0.1) is 11.2 Å². The fourth-order valence-corrected chi connectivity index (χ4v) is 3.21. The van der Waals surface area contributed by atoms with Crippen LogP contribution in [0.25, 0.3) is 0 Å². The minimum Gasteiger partial charge on any atom is -0.389 e. The van der Waals surface area contributed by atoms with E-state index in [0.717, 1.165) is 0 Å². The Kier molecular flexibility index (Phi) is 5.10. The smallest absolute Gasteiger partial charge is 0.232 e. The third kappa shape index (κ3) is 5.05. The van der Waals surface area contributed by atoms with Crippen molar-refractivity contribution in [3.63, 3.8) is 0 Å². The molecule has 3 N–H and O–H groups in total. The summed E-state index contributed by atoms with van der Waals surface area (Å²) < 4.78 is 40.0. The second-order valence-corrected chi connectivity index (χ2v) is 8.04. The number of nitrogens with one attached hydrogen (secondary N) is 1. The molecule has 1 aromatic carbocycles. The molecule has 0 spiro atoms. The monoisotopic (exact) mass is 318 g/mol. The molecule has 20 heavy (non-hydrogen) atoms. The molecule has 0 aromatic heterocycles. The van der Waals surface area contributed by atoms with Crippen LogP contribution in [-0.2, 0) is 10.0 Å². The summed E-state index contributed by atoms with van der Waals surface area (Å²) in [6.07, 6.45) is 0.486. The first-order valence-electron chi connectivity index (χ1n) is 6.11. The van der Waals surface area contributed by atoms with Gasteiger partial charge in [-0.25, -0.2) is 12.8 Å². The zero-order valence-corrected chi connectivity index (χ0v) is 13.4. The van der Waals surface area contributed by atoms with Gasteiger partial charge in [0.1, 0.15) is 10.8 Å². The Labute approximate surface area is 124 Å². The molecule has 0 saturated heterocycles. The van der Waals surface area contributed by atoms with E-state index in [1.54, 1.807) is 0 Å². The molecule has 0 heterocycles. The standard InChI is InChI=1S/C13H19FN2O2S2/c1-13(2,3)7-8-20(17,18)16-10-6-4-5-9(14)11(10)12(15)19/h4-6,16H,7-8H2,1-3H3,(H2,15,19). The van der Waals surface area contributed by atoms with Crippen molar-refractivity contribution in [1.29, 1.82) is 0 Å². The van der Waals surface area contributed by atoms with E-state index >= 15 is 0 Å². The number of thiocarbonyl (C=S) groups is 1. The Morgan fingerprint density at radius 3 is 2.50 bits per heavy atom. The average molecular weight is 318 g/mol. The van der Waals surface area contributed by atoms with E-state index < -0.39 is 15.8 Å². The molecule has 112 valence electrons. The highest BCUT2D eigenvalue weighted by Gasteiger charge is 2.20. The molecule has 7 heteroatoms. The van der Waals surface area contributed by atoms with Crippen molar-refractivity contribution in [2.24, 2.45) is 11.1 Å². The van der Waals surface area contributed by atoms with E-state index in [1.807, 2.05) is 20.8 Å². The quantitative estimate of drug-likeness (QED) is 0.819. The number of hydrogen-bond donors (Lipinski definition) is 2. The Morgan fingerprint density at radius 2 is 2.00 bits per heavy atom. The van der Waals surface area contributed by atoms with Crippen molar-refractivity contribution in [2.45, 2.75) is 27.2 Å². The van der Waals surface area contributed by atoms with Crippen molar-refractivity contribution in [1.82, 2.24) is 0 Å². The predicted octanol–water partition coefficient (Wildman–Crippen LogP) is 2.64. The maximum absolute atomic E-state index is 13.6. The molecule has 0 aliphatic heterocycles. The van der Waals surface area contributed by atoms with Gasteiger partial charge in [0.05, 0.1) is 17.0 Å². The molecule has 0 bridgehead atoms. The van der Waals surface area contributed by atoms with Crippen LogP contribution in [0.3, 0.4) is 0 Å². The van der Waals surface area contributed by atoms with Crippen molar-refractivity contribution >= 4 is 32.9 Å². The van der Waals surface area contributed by atoms with E-state index in [1.165, 1.54) is 18.2 Å². The van der Waals surface area contributed by atoms with Crippen LogP contribution >= 0.6 is 12.2 Å². The summed E-state index contributed by atoms with van der Waals surface area (Å²) in [6, 6.07) is 4.02. The fourth-order valence-electron chi connectivity index (χ4n) is 1.52. The molecule has 0 radical (unpaired) electrons. The SMILES string of the molecule is CC(C)(C)CCS(=O)(=O)Nc1cccc(F)c1C(N)=S. The minimum atomic E-state index is -3.57. The predicted molar refractivity (Wildman–Crippen MR) is 83.8 cm³/mol. The third-order valence-electron chi connectivity index (χ3n) is 2.65. The minimum absolute atomic E-state index is 0.0518. The average Bonchev–Trinajstić information content (AvgIpc) is 2.24. The number of hydrogen-bond acceptors (Lipinski definition) is 3. The van der Waals surface area contributed by atoms with E-state index in [2.05, 4.69) is 4.72 Å². The van der Waals surface area contributed by atoms with Gasteiger partial charge in [-0.3, -0.25) is 4.72 Å². The highest BCUT2D eigenvalue weighted by atomic mass is 32.2. The molecule has 0 aliphatic carbocycles. The van der Waals surface area contributed by atoms with Crippen molar-refractivity contribution < 1.29 is 12.8 Å². The van der Waals surface area contributed by atoms with Crippen LogP contribution in [0.5, 0.6) is 0 Å². The summed E-state index contributed by atoms with van der Waals surface area (Å²) in [4.78, 5) is -0.184. The largest absolute Gasteiger partial charge is 0.389 e. The summed E-state index contributed by atoms with van der Waals surface area (Å²) in [5.74, 6) is -0.697. The topological polar surface area (TPSA) is 72.2 Å². The van der Waals surface area contributed by atoms with Crippen LogP contribution in [0.2, 0.25) is 0 Å². The highest BCUT2D eigenvalue weighted by molar-refractivity contribution is 7.92. The van der Waals surface area contributed by atoms with Gasteiger partial charge in [0.2, 0.25) is 10.0 Å². The van der Waals surface area contributed by atoms with Gasteiger partial charge in [-0.05, 0) is 24.0 Å². The lowest BCUT2D eigenvalue weighted by molar-refractivity contribution is 0.397. The number of benzene rings is 1. The maximum Gasteiger partial charge on any atom is 0.232 e. The van der Waals surface area contributed by atoms with Gasteiger partial charge in [-0.2, -0.15) is 0 Å². The van der Waals surface area contributed by atoms with Crippen LogP contribution in [0.1, 0.15) is 32.8 Å². The van der Waals surface area contributed by atoms with E-state index in [9.17, 15) is 12.8 Å². The Balaban J connectivity index is 2.99. The second kappa shape index (κ2) is 6.05. The zero-order valence-electron chi connectivity index (χ0n) is 11.7. The molecule has 0 fully saturated rings. The summed E-state index contributed by atoms with van der Waals surface area (Å²) in [7, 11) is -3.57. The van der Waals surface area contributed by atoms with Crippen molar-refractivity contribution in [3.05, 3.63) is 29.6 Å². The number of sulfonamides is 1. The van der Waals surface area contributed by atoms with Crippen LogP contribution in [0.4, 0.5) is 10.1 Å². The van der Waals surface area contributed by atoms with Crippen LogP contribution in [-0.4, -0.2) is 19.2 Å². The molecule has 0 aliphatic rings. The lowest BCUT2D eigenvalue weighted by Crippen LogP contribution is -2.23. The Bertz CT molecular complexity index is 607. The highest BCUT2D eigenvalue weighted by Crippen LogP contribution is 2.23. The molecule has 0 unspecified atom stereocenters. The lowest BCUT2D eigenvalue weighted by Gasteiger charge is -2.19. The first kappa shape index (κ1) is 16.8. The van der Waals surface area contributed by atoms with Gasteiger partial charge >= 0.3 is 0 Å². The number of nitrogens with two attached hydrogens (primary N) is 1. The molecule has 4 nitrogen and oxygen atoms in total. The maximum atomic E-state index is 13.6. The van der Waals surface area contributed by atoms with Gasteiger partial charge in [-0.15, -0.1) is 0 Å². The zero-order chi connectivity index (χ0) is 15.6. The summed E-state index contributed by atoms with van der Waals surface area (Å²) in [5, 5.41) is 0. The van der Waals surface area contributed by atoms with Crippen LogP contribution in [0.15, 0.2) is 18.2 Å². The number of anilines is 1. The lowest BCUT2D eigenvalue weighted by atomic mass is 9.94. The molecular weight excluding hydrogens is 299 g/mol. The molecule has 1 rings (SSSR count). The van der Waals surface area contributed by atoms with Gasteiger partial charge < -0.3 is 5.73 Å². The van der Waals surface area contributed by atoms with E-state index in [4.69, 9.17) is 18.0 Å². The van der Waals surface area contributed by atoms with Crippen LogP contribution < -0.4 is 10.5 Å². The fraction of sp³-hybridized carbons (Fsp3) is 0.462. The number of rotatable bonds is 5. The van der Waals surface area contributed by atoms with Gasteiger partial charge in [0, 0.05) is 0 Å². The second-order valence-electron chi connectivity index (χ2n) is 5.76. The third-order valence-corrected chi connectivity index (χ3v) is 4.12. The van der Waals surface area contributed by atoms with Gasteiger partial charge in [0.25, 0.3) is 0 Å². The van der Waals surface area contributed by atoms with Gasteiger partial charge in [-0.1, -0.05) is 39.1 Å². The Morgan fingerprint density at radius 1 is 1.40 bits per heavy atom. The van der Waals surface area contributed by atoms with Crippen molar-refractivity contribution in [2.75, 3.05) is 10.5 Å². The summed E-state index contributed by atoms with van der Waals surface area (Å²) in [6.45, 7) is 5.85. The molecular formula is C13H19FN2O2S2.